The van der Waals surface area contributed by atoms with Gasteiger partial charge in [0, 0.05) is 5.39 Å². The Bertz CT molecular complexity index is 505. The molecule has 16 heavy (non-hydrogen) atoms. The molecule has 5 nitrogen and oxygen atoms in total. The minimum absolute atomic E-state index is 0.373. The van der Waals surface area contributed by atoms with E-state index in [1.54, 1.807) is 17.9 Å². The van der Waals surface area contributed by atoms with Crippen molar-refractivity contribution in [3.63, 3.8) is 0 Å². The van der Waals surface area contributed by atoms with Gasteiger partial charge < -0.3 is 11.1 Å². The topological polar surface area (TPSA) is 72.9 Å². The molecular weight excluding hydrogens is 204 g/mol. The van der Waals surface area contributed by atoms with Gasteiger partial charge in [-0.3, -0.25) is 9.48 Å². The number of aromatic nitrogens is 2. The Kier molecular flexibility index (Phi) is 2.87. The molecule has 0 aliphatic rings. The second-order valence-electron chi connectivity index (χ2n) is 3.63. The first-order valence-corrected chi connectivity index (χ1v) is 5.09. The third-order valence-electron chi connectivity index (χ3n) is 2.60. The van der Waals surface area contributed by atoms with Gasteiger partial charge in [0.15, 0.2) is 0 Å². The summed E-state index contributed by atoms with van der Waals surface area (Å²) in [4.78, 5) is 11.1. The summed E-state index contributed by atoms with van der Waals surface area (Å²) in [5.74, 6) is -0.373. The highest BCUT2D eigenvalue weighted by atomic mass is 16.1. The highest BCUT2D eigenvalue weighted by Crippen LogP contribution is 2.12. The predicted octanol–water partition coefficient (Wildman–Crippen LogP) is 0.110. The number of carbonyl (C=O) groups is 1. The summed E-state index contributed by atoms with van der Waals surface area (Å²) < 4.78 is 1.78. The van der Waals surface area contributed by atoms with Crippen LogP contribution in [-0.4, -0.2) is 28.8 Å². The van der Waals surface area contributed by atoms with Crippen molar-refractivity contribution in [1.82, 2.24) is 15.1 Å². The van der Waals surface area contributed by atoms with Crippen molar-refractivity contribution >= 4 is 16.8 Å². The average Bonchev–Trinajstić information content (AvgIpc) is 2.69. The van der Waals surface area contributed by atoms with Crippen molar-refractivity contribution in [2.45, 2.75) is 12.6 Å². The van der Waals surface area contributed by atoms with Crippen LogP contribution in [0.3, 0.4) is 0 Å². The van der Waals surface area contributed by atoms with Crippen LogP contribution in [0.1, 0.15) is 0 Å². The van der Waals surface area contributed by atoms with Crippen LogP contribution in [0.5, 0.6) is 0 Å². The maximum Gasteiger partial charge on any atom is 0.236 e. The minimum atomic E-state index is -0.400. The summed E-state index contributed by atoms with van der Waals surface area (Å²) in [6, 6.07) is 7.45. The van der Waals surface area contributed by atoms with Gasteiger partial charge in [-0.05, 0) is 13.1 Å². The molecule has 3 N–H and O–H groups in total. The number of amides is 1. The largest absolute Gasteiger partial charge is 0.368 e. The molecule has 1 aromatic carbocycles. The molecule has 0 saturated heterocycles. The van der Waals surface area contributed by atoms with Crippen LogP contribution < -0.4 is 11.1 Å². The third kappa shape index (κ3) is 1.90. The number of hydrogen-bond acceptors (Lipinski definition) is 3. The molecule has 1 amide bonds. The molecule has 1 atom stereocenters. The van der Waals surface area contributed by atoms with Crippen molar-refractivity contribution in [3.05, 3.63) is 30.5 Å². The Morgan fingerprint density at radius 2 is 2.31 bits per heavy atom. The van der Waals surface area contributed by atoms with Crippen molar-refractivity contribution in [2.24, 2.45) is 5.73 Å². The standard InChI is InChI=1S/C11H14N4O/c1-13-9(11(12)16)7-15-10-5-3-2-4-8(10)6-14-15/h2-6,9,13H,7H2,1H3,(H2,12,16). The van der Waals surface area contributed by atoms with Crippen molar-refractivity contribution in [3.8, 4) is 0 Å². The maximum atomic E-state index is 11.1. The summed E-state index contributed by atoms with van der Waals surface area (Å²) in [6.45, 7) is 0.444. The Morgan fingerprint density at radius 3 is 3.00 bits per heavy atom. The molecule has 2 rings (SSSR count). The fraction of sp³-hybridized carbons (Fsp3) is 0.273. The number of primary amides is 1. The van der Waals surface area contributed by atoms with Gasteiger partial charge >= 0.3 is 0 Å². The van der Waals surface area contributed by atoms with Gasteiger partial charge in [-0.1, -0.05) is 18.2 Å². The van der Waals surface area contributed by atoms with E-state index >= 15 is 0 Å². The summed E-state index contributed by atoms with van der Waals surface area (Å²) >= 11 is 0. The lowest BCUT2D eigenvalue weighted by molar-refractivity contribution is -0.120. The van der Waals surface area contributed by atoms with Gasteiger partial charge in [-0.15, -0.1) is 0 Å². The van der Waals surface area contributed by atoms with E-state index in [0.29, 0.717) is 6.54 Å². The van der Waals surface area contributed by atoms with Gasteiger partial charge in [0.25, 0.3) is 0 Å². The summed E-state index contributed by atoms with van der Waals surface area (Å²) in [6.07, 6.45) is 1.78. The number of carbonyl (C=O) groups excluding carboxylic acids is 1. The lowest BCUT2D eigenvalue weighted by Crippen LogP contribution is -2.42. The molecule has 5 heteroatoms. The first-order valence-electron chi connectivity index (χ1n) is 5.09. The molecular formula is C11H14N4O. The zero-order valence-corrected chi connectivity index (χ0v) is 9.05. The number of benzene rings is 1. The SMILES string of the molecule is CNC(Cn1ncc2ccccc21)C(N)=O. The molecule has 0 saturated carbocycles. The first kappa shape index (κ1) is 10.6. The Morgan fingerprint density at radius 1 is 1.56 bits per heavy atom. The van der Waals surface area contributed by atoms with Gasteiger partial charge in [0.1, 0.15) is 6.04 Å². The lowest BCUT2D eigenvalue weighted by Gasteiger charge is -2.12. The fourth-order valence-corrected chi connectivity index (χ4v) is 1.67. The molecule has 0 bridgehead atoms. The van der Waals surface area contributed by atoms with Crippen LogP contribution in [0.2, 0.25) is 0 Å². The van der Waals surface area contributed by atoms with Crippen molar-refractivity contribution < 1.29 is 4.79 Å². The van der Waals surface area contributed by atoms with Crippen LogP contribution >= 0.6 is 0 Å². The normalized spacial score (nSPS) is 12.8. The maximum absolute atomic E-state index is 11.1. The Hall–Kier alpha value is -1.88. The van der Waals surface area contributed by atoms with E-state index in [2.05, 4.69) is 10.4 Å². The molecule has 0 fully saturated rings. The van der Waals surface area contributed by atoms with Crippen LogP contribution in [0, 0.1) is 0 Å². The predicted molar refractivity (Wildman–Crippen MR) is 61.8 cm³/mol. The highest BCUT2D eigenvalue weighted by molar-refractivity contribution is 5.81. The Balaban J connectivity index is 2.30. The third-order valence-corrected chi connectivity index (χ3v) is 2.60. The molecule has 1 aromatic heterocycles. The molecule has 0 aliphatic heterocycles. The van der Waals surface area contributed by atoms with E-state index in [1.165, 1.54) is 0 Å². The average molecular weight is 218 g/mol. The lowest BCUT2D eigenvalue weighted by atomic mass is 10.2. The number of fused-ring (bicyclic) bond motifs is 1. The van der Waals surface area contributed by atoms with E-state index in [4.69, 9.17) is 5.73 Å². The van der Waals surface area contributed by atoms with Crippen LogP contribution in [0.25, 0.3) is 10.9 Å². The van der Waals surface area contributed by atoms with Crippen LogP contribution in [0.15, 0.2) is 30.5 Å². The molecule has 84 valence electrons. The van der Waals surface area contributed by atoms with Crippen molar-refractivity contribution in [2.75, 3.05) is 7.05 Å². The number of rotatable bonds is 4. The molecule has 1 heterocycles. The smallest absolute Gasteiger partial charge is 0.236 e. The van der Waals surface area contributed by atoms with Crippen LogP contribution in [0.4, 0.5) is 0 Å². The van der Waals surface area contributed by atoms with E-state index in [1.807, 2.05) is 24.3 Å². The second-order valence-corrected chi connectivity index (χ2v) is 3.63. The number of nitrogens with two attached hydrogens (primary N) is 1. The van der Waals surface area contributed by atoms with Gasteiger partial charge in [0.05, 0.1) is 18.3 Å². The van der Waals surface area contributed by atoms with Crippen molar-refractivity contribution in [1.29, 1.82) is 0 Å². The number of para-hydroxylation sites is 1. The number of nitrogens with one attached hydrogen (secondary N) is 1. The first-order chi connectivity index (χ1) is 7.72. The summed E-state index contributed by atoms with van der Waals surface area (Å²) in [5, 5.41) is 8.16. The molecule has 1 unspecified atom stereocenters. The number of likely N-dealkylation sites (N-methyl/N-ethyl adjacent to an activating group) is 1. The summed E-state index contributed by atoms with van der Waals surface area (Å²) in [5.41, 5.74) is 6.27. The van der Waals surface area contributed by atoms with Gasteiger partial charge in [-0.2, -0.15) is 5.10 Å². The van der Waals surface area contributed by atoms with Crippen LogP contribution in [-0.2, 0) is 11.3 Å². The van der Waals surface area contributed by atoms with E-state index in [-0.39, 0.29) is 5.91 Å². The zero-order chi connectivity index (χ0) is 11.5. The van der Waals surface area contributed by atoms with Gasteiger partial charge in [-0.25, -0.2) is 0 Å². The number of hydrogen-bond donors (Lipinski definition) is 2. The second kappa shape index (κ2) is 4.32. The Labute approximate surface area is 93.2 Å². The molecule has 0 radical (unpaired) electrons. The van der Waals surface area contributed by atoms with E-state index in [0.717, 1.165) is 10.9 Å². The van der Waals surface area contributed by atoms with Gasteiger partial charge in [0.2, 0.25) is 5.91 Å². The molecule has 0 aliphatic carbocycles. The monoisotopic (exact) mass is 218 g/mol. The number of nitrogens with zero attached hydrogens (tertiary/aromatic N) is 2. The fourth-order valence-electron chi connectivity index (χ4n) is 1.67. The molecule has 0 spiro atoms. The quantitative estimate of drug-likeness (QED) is 0.765. The van der Waals surface area contributed by atoms with E-state index < -0.39 is 6.04 Å². The zero-order valence-electron chi connectivity index (χ0n) is 9.05. The highest BCUT2D eigenvalue weighted by Gasteiger charge is 2.14. The van der Waals surface area contributed by atoms with E-state index in [9.17, 15) is 4.79 Å². The summed E-state index contributed by atoms with van der Waals surface area (Å²) in [7, 11) is 1.71. The molecule has 2 aromatic rings. The minimum Gasteiger partial charge on any atom is -0.368 e.